The molecule has 5 heteroatoms. The van der Waals surface area contributed by atoms with E-state index in [-0.39, 0.29) is 5.97 Å². The predicted molar refractivity (Wildman–Crippen MR) is 75.9 cm³/mol. The van der Waals surface area contributed by atoms with Gasteiger partial charge in [-0.05, 0) is 41.4 Å². The number of halogens is 1. The van der Waals surface area contributed by atoms with Crippen molar-refractivity contribution in [2.45, 2.75) is 36.8 Å². The van der Waals surface area contributed by atoms with Gasteiger partial charge in [-0.2, -0.15) is 0 Å². The lowest BCUT2D eigenvalue weighted by molar-refractivity contribution is -0.142. The molecule has 2 unspecified atom stereocenters. The monoisotopic (exact) mass is 332 g/mol. The second-order valence-corrected chi connectivity index (χ2v) is 6.22. The molecule has 18 heavy (non-hydrogen) atoms. The van der Waals surface area contributed by atoms with Gasteiger partial charge in [0.2, 0.25) is 0 Å². The van der Waals surface area contributed by atoms with Crippen molar-refractivity contribution in [2.24, 2.45) is 0 Å². The molecule has 0 bridgehead atoms. The third-order valence-electron chi connectivity index (χ3n) is 2.41. The van der Waals surface area contributed by atoms with Crippen molar-refractivity contribution in [3.05, 3.63) is 28.7 Å². The zero-order chi connectivity index (χ0) is 13.5. The third-order valence-corrected chi connectivity index (χ3v) is 5.10. The summed E-state index contributed by atoms with van der Waals surface area (Å²) in [6, 6.07) is 7.25. The van der Waals surface area contributed by atoms with E-state index in [1.165, 1.54) is 0 Å². The Hall–Kier alpha value is -0.680. The largest absolute Gasteiger partial charge is 0.465 e. The number of carbonyl (C=O) groups is 1. The average Bonchev–Trinajstić information content (AvgIpc) is 2.36. The molecule has 0 aliphatic heterocycles. The third kappa shape index (κ3) is 3.92. The minimum atomic E-state index is -1.39. The van der Waals surface area contributed by atoms with Crippen LogP contribution < -0.4 is 0 Å². The molecule has 3 nitrogen and oxygen atoms in total. The molecule has 2 atom stereocenters. The van der Waals surface area contributed by atoms with Gasteiger partial charge in [-0.3, -0.25) is 9.00 Å². The van der Waals surface area contributed by atoms with Gasteiger partial charge in [0, 0.05) is 4.47 Å². The SMILES string of the molecule is CCCC(C(=O)OCC)S(=O)c1ccccc1Br. The summed E-state index contributed by atoms with van der Waals surface area (Å²) in [6.07, 6.45) is 1.35. The van der Waals surface area contributed by atoms with Gasteiger partial charge in [0.25, 0.3) is 0 Å². The fourth-order valence-corrected chi connectivity index (χ4v) is 3.81. The van der Waals surface area contributed by atoms with E-state index >= 15 is 0 Å². The highest BCUT2D eigenvalue weighted by atomic mass is 79.9. The first kappa shape index (κ1) is 15.4. The topological polar surface area (TPSA) is 43.4 Å². The number of carbonyl (C=O) groups excluding carboxylic acids is 1. The van der Waals surface area contributed by atoms with Crippen molar-refractivity contribution < 1.29 is 13.7 Å². The molecule has 0 aromatic heterocycles. The van der Waals surface area contributed by atoms with Crippen molar-refractivity contribution in [3.63, 3.8) is 0 Å². The van der Waals surface area contributed by atoms with E-state index in [2.05, 4.69) is 15.9 Å². The molecular formula is C13H17BrO3S. The van der Waals surface area contributed by atoms with Crippen molar-refractivity contribution in [1.82, 2.24) is 0 Å². The van der Waals surface area contributed by atoms with Gasteiger partial charge in [0.15, 0.2) is 0 Å². The van der Waals surface area contributed by atoms with Gasteiger partial charge in [-0.25, -0.2) is 0 Å². The van der Waals surface area contributed by atoms with E-state index in [0.29, 0.717) is 17.9 Å². The first-order chi connectivity index (χ1) is 8.61. The Morgan fingerprint density at radius 3 is 2.61 bits per heavy atom. The molecule has 0 aliphatic rings. The molecule has 1 aromatic rings. The predicted octanol–water partition coefficient (Wildman–Crippen LogP) is 3.29. The standard InChI is InChI=1S/C13H17BrO3S/c1-3-7-12(13(15)17-4-2)18(16)11-9-6-5-8-10(11)14/h5-6,8-9,12H,3-4,7H2,1-2H3. The van der Waals surface area contributed by atoms with Crippen LogP contribution in [-0.4, -0.2) is 22.0 Å². The van der Waals surface area contributed by atoms with Gasteiger partial charge in [0.1, 0.15) is 5.25 Å². The lowest BCUT2D eigenvalue weighted by Gasteiger charge is -2.15. The maximum Gasteiger partial charge on any atom is 0.322 e. The first-order valence-corrected chi connectivity index (χ1v) is 7.94. The summed E-state index contributed by atoms with van der Waals surface area (Å²) in [6.45, 7) is 4.03. The number of hydrogen-bond donors (Lipinski definition) is 0. The van der Waals surface area contributed by atoms with E-state index in [1.54, 1.807) is 13.0 Å². The van der Waals surface area contributed by atoms with E-state index in [1.807, 2.05) is 25.1 Å². The van der Waals surface area contributed by atoms with Crippen molar-refractivity contribution >= 4 is 32.7 Å². The number of rotatable bonds is 6. The molecule has 0 saturated heterocycles. The summed E-state index contributed by atoms with van der Waals surface area (Å²) in [5.41, 5.74) is 0. The summed E-state index contributed by atoms with van der Waals surface area (Å²) in [7, 11) is -1.39. The second kappa shape index (κ2) is 7.69. The molecule has 0 amide bonds. The smallest absolute Gasteiger partial charge is 0.322 e. The number of esters is 1. The van der Waals surface area contributed by atoms with Gasteiger partial charge in [-0.15, -0.1) is 0 Å². The molecule has 0 aliphatic carbocycles. The maximum atomic E-state index is 12.5. The van der Waals surface area contributed by atoms with Crippen LogP contribution in [0.15, 0.2) is 33.6 Å². The summed E-state index contributed by atoms with van der Waals surface area (Å²) in [5, 5.41) is -0.589. The number of hydrogen-bond acceptors (Lipinski definition) is 3. The van der Waals surface area contributed by atoms with Crippen LogP contribution >= 0.6 is 15.9 Å². The lowest BCUT2D eigenvalue weighted by atomic mass is 10.2. The van der Waals surface area contributed by atoms with Gasteiger partial charge in [-0.1, -0.05) is 25.5 Å². The lowest BCUT2D eigenvalue weighted by Crippen LogP contribution is -2.28. The van der Waals surface area contributed by atoms with Crippen LogP contribution in [0.25, 0.3) is 0 Å². The fourth-order valence-electron chi connectivity index (χ4n) is 1.57. The van der Waals surface area contributed by atoms with E-state index in [4.69, 9.17) is 4.74 Å². The Morgan fingerprint density at radius 1 is 1.39 bits per heavy atom. The minimum Gasteiger partial charge on any atom is -0.465 e. The van der Waals surface area contributed by atoms with Crippen LogP contribution in [0.5, 0.6) is 0 Å². The molecule has 0 heterocycles. The summed E-state index contributed by atoms with van der Waals surface area (Å²) < 4.78 is 18.2. The van der Waals surface area contributed by atoms with Crippen LogP contribution in [-0.2, 0) is 20.3 Å². The molecule has 0 saturated carbocycles. The summed E-state index contributed by atoms with van der Waals surface area (Å²) in [5.74, 6) is -0.381. The normalized spacial score (nSPS) is 13.9. The number of benzene rings is 1. The zero-order valence-corrected chi connectivity index (χ0v) is 12.9. The zero-order valence-electron chi connectivity index (χ0n) is 10.5. The van der Waals surface area contributed by atoms with Crippen LogP contribution in [0, 0.1) is 0 Å². The Kier molecular flexibility index (Phi) is 6.57. The first-order valence-electron chi connectivity index (χ1n) is 5.93. The Labute approximate surface area is 119 Å². The average molecular weight is 333 g/mol. The van der Waals surface area contributed by atoms with Crippen LogP contribution in [0.1, 0.15) is 26.7 Å². The highest BCUT2D eigenvalue weighted by molar-refractivity contribution is 9.10. The number of ether oxygens (including phenoxy) is 1. The van der Waals surface area contributed by atoms with Crippen LogP contribution in [0.2, 0.25) is 0 Å². The molecule has 1 rings (SSSR count). The molecule has 100 valence electrons. The Balaban J connectivity index is 2.96. The van der Waals surface area contributed by atoms with Crippen LogP contribution in [0.3, 0.4) is 0 Å². The minimum absolute atomic E-state index is 0.312. The highest BCUT2D eigenvalue weighted by Crippen LogP contribution is 2.24. The molecule has 1 aromatic carbocycles. The molecular weight excluding hydrogens is 316 g/mol. The summed E-state index contributed by atoms with van der Waals surface area (Å²) >= 11 is 3.36. The quantitative estimate of drug-likeness (QED) is 0.751. The Morgan fingerprint density at radius 2 is 2.06 bits per heavy atom. The fraction of sp³-hybridized carbons (Fsp3) is 0.462. The van der Waals surface area contributed by atoms with Crippen LogP contribution in [0.4, 0.5) is 0 Å². The molecule has 0 N–H and O–H groups in total. The second-order valence-electron chi connectivity index (χ2n) is 3.76. The van der Waals surface area contributed by atoms with Gasteiger partial charge in [0.05, 0.1) is 22.3 Å². The van der Waals surface area contributed by atoms with Gasteiger partial charge < -0.3 is 4.74 Å². The van der Waals surface area contributed by atoms with Crippen molar-refractivity contribution in [2.75, 3.05) is 6.61 Å². The molecule has 0 fully saturated rings. The summed E-state index contributed by atoms with van der Waals surface area (Å²) in [4.78, 5) is 12.5. The molecule has 0 spiro atoms. The van der Waals surface area contributed by atoms with Gasteiger partial charge >= 0.3 is 5.97 Å². The maximum absolute atomic E-state index is 12.5. The van der Waals surface area contributed by atoms with Crippen molar-refractivity contribution in [3.8, 4) is 0 Å². The van der Waals surface area contributed by atoms with E-state index in [9.17, 15) is 9.00 Å². The van der Waals surface area contributed by atoms with E-state index in [0.717, 1.165) is 10.9 Å². The van der Waals surface area contributed by atoms with Crippen molar-refractivity contribution in [1.29, 1.82) is 0 Å². The molecule has 0 radical (unpaired) electrons. The van der Waals surface area contributed by atoms with E-state index < -0.39 is 16.0 Å². The Bertz CT molecular complexity index is 434. The highest BCUT2D eigenvalue weighted by Gasteiger charge is 2.27.